The topological polar surface area (TPSA) is 86.8 Å². The van der Waals surface area contributed by atoms with E-state index >= 15 is 0 Å². The van der Waals surface area contributed by atoms with Crippen molar-refractivity contribution in [3.8, 4) is 0 Å². The number of rotatable bonds is 4. The van der Waals surface area contributed by atoms with Gasteiger partial charge in [0.2, 0.25) is 0 Å². The van der Waals surface area contributed by atoms with Crippen LogP contribution in [0.4, 0.5) is 26.3 Å². The fourth-order valence-electron chi connectivity index (χ4n) is 0.930. The summed E-state index contributed by atoms with van der Waals surface area (Å²) in [6.45, 7) is 8.09. The highest BCUT2D eigenvalue weighted by molar-refractivity contribution is 8.05. The van der Waals surface area contributed by atoms with E-state index in [4.69, 9.17) is 0 Å². The first-order valence-corrected chi connectivity index (χ1v) is 8.40. The predicted octanol–water partition coefficient (Wildman–Crippen LogP) is 1.59. The van der Waals surface area contributed by atoms with Crippen LogP contribution in [-0.4, -0.2) is 44.3 Å². The van der Waals surface area contributed by atoms with Gasteiger partial charge in [0.15, 0.2) is 0 Å². The van der Waals surface area contributed by atoms with Gasteiger partial charge in [-0.2, -0.15) is 26.3 Å². The van der Waals surface area contributed by atoms with Crippen LogP contribution in [0.15, 0.2) is 38.0 Å². The molecule has 0 unspecified atom stereocenters. The number of nitrogens with one attached hydrogen (secondary N) is 1. The molecule has 1 rings (SSSR count). The summed E-state index contributed by atoms with van der Waals surface area (Å²) in [5, 5.41) is 0. The van der Waals surface area contributed by atoms with Crippen molar-refractivity contribution in [3.63, 3.8) is 0 Å². The van der Waals surface area contributed by atoms with Crippen LogP contribution >= 0.6 is 0 Å². The van der Waals surface area contributed by atoms with Gasteiger partial charge >= 0.3 is 31.1 Å². The second kappa shape index (κ2) is 7.43. The molecule has 0 radical (unpaired) electrons. The summed E-state index contributed by atoms with van der Waals surface area (Å²) in [6.07, 6.45) is 7.46. The van der Waals surface area contributed by atoms with Gasteiger partial charge in [-0.15, -0.1) is 0 Å². The monoisotopic (exact) mass is 403 g/mol. The molecule has 0 saturated heterocycles. The van der Waals surface area contributed by atoms with Crippen molar-refractivity contribution < 1.29 is 43.2 Å². The molecule has 1 heterocycles. The van der Waals surface area contributed by atoms with Gasteiger partial charge in [0.25, 0.3) is 0 Å². The van der Waals surface area contributed by atoms with Gasteiger partial charge in [0, 0.05) is 12.4 Å². The van der Waals surface area contributed by atoms with Crippen molar-refractivity contribution in [2.45, 2.75) is 11.0 Å². The minimum Gasteiger partial charge on any atom is -0.335 e. The average molecular weight is 403 g/mol. The van der Waals surface area contributed by atoms with E-state index in [0.717, 1.165) is 6.67 Å². The van der Waals surface area contributed by atoms with E-state index in [2.05, 4.69) is 13.2 Å². The van der Waals surface area contributed by atoms with Crippen LogP contribution in [0.5, 0.6) is 0 Å². The molecule has 0 aromatic rings. The molecule has 0 saturated carbocycles. The smallest absolute Gasteiger partial charge is 0.335 e. The van der Waals surface area contributed by atoms with Crippen LogP contribution in [0.3, 0.4) is 0 Å². The fraction of sp³-hybridized carbons (Fsp3) is 0.333. The summed E-state index contributed by atoms with van der Waals surface area (Å²) in [7, 11) is -13.2. The molecule has 140 valence electrons. The Morgan fingerprint density at radius 1 is 0.833 bits per heavy atom. The first-order valence-electron chi connectivity index (χ1n) is 5.43. The standard InChI is InChI=1S/C7H10N2.C2HF6NO4S2/c1-3-8-5-6-9(4-2)7-8;3-1(4,5)14(10,11)9-15(12,13)2(6,7)8/h3-6H,1-2,7H2;9H. The van der Waals surface area contributed by atoms with Crippen molar-refractivity contribution in [3.05, 3.63) is 38.0 Å². The van der Waals surface area contributed by atoms with Gasteiger partial charge in [-0.3, -0.25) is 0 Å². The van der Waals surface area contributed by atoms with Crippen LogP contribution < -0.4 is 4.13 Å². The maximum Gasteiger partial charge on any atom is 0.512 e. The Balaban J connectivity index is 0.000000496. The quantitative estimate of drug-likeness (QED) is 0.718. The second-order valence-corrected chi connectivity index (χ2v) is 7.42. The number of alkyl halides is 6. The lowest BCUT2D eigenvalue weighted by Gasteiger charge is -2.12. The fourth-order valence-corrected chi connectivity index (χ4v) is 2.84. The summed E-state index contributed by atoms with van der Waals surface area (Å²) < 4.78 is 108. The minimum absolute atomic E-state index is 0.493. The SMILES string of the molecule is C=CN1C=CN(C=C)C1.O=S(=O)(NS(=O)(=O)C(F)(F)F)C(F)(F)F. The summed E-state index contributed by atoms with van der Waals surface area (Å²) >= 11 is 0. The van der Waals surface area contributed by atoms with Gasteiger partial charge in [-0.1, -0.05) is 17.3 Å². The maximum absolute atomic E-state index is 11.5. The third kappa shape index (κ3) is 6.04. The van der Waals surface area contributed by atoms with Gasteiger partial charge in [0.05, 0.1) is 6.67 Å². The molecular weight excluding hydrogens is 392 g/mol. The summed E-state index contributed by atoms with van der Waals surface area (Å²) in [4.78, 5) is 3.95. The Morgan fingerprint density at radius 2 is 1.12 bits per heavy atom. The predicted molar refractivity (Wildman–Crippen MR) is 71.2 cm³/mol. The van der Waals surface area contributed by atoms with Gasteiger partial charge in [-0.25, -0.2) is 16.8 Å². The molecule has 1 aliphatic rings. The van der Waals surface area contributed by atoms with Gasteiger partial charge < -0.3 is 9.80 Å². The van der Waals surface area contributed by atoms with E-state index in [0.29, 0.717) is 0 Å². The lowest BCUT2D eigenvalue weighted by molar-refractivity contribution is -0.0476. The van der Waals surface area contributed by atoms with Crippen molar-refractivity contribution in [1.29, 1.82) is 0 Å². The molecule has 0 aromatic heterocycles. The molecule has 7 nitrogen and oxygen atoms in total. The largest absolute Gasteiger partial charge is 0.512 e. The zero-order valence-electron chi connectivity index (χ0n) is 11.5. The molecule has 0 spiro atoms. The number of hydrogen-bond donors (Lipinski definition) is 1. The molecule has 0 aromatic carbocycles. The highest BCUT2D eigenvalue weighted by Gasteiger charge is 2.55. The number of nitrogens with zero attached hydrogens (tertiary/aromatic N) is 2. The molecular formula is C9H11F6N3O4S2. The zero-order chi connectivity index (χ0) is 19.4. The molecule has 24 heavy (non-hydrogen) atoms. The Labute approximate surface area is 133 Å². The van der Waals surface area contributed by atoms with Crippen molar-refractivity contribution in [2.75, 3.05) is 6.67 Å². The average Bonchev–Trinajstić information content (AvgIpc) is 2.83. The van der Waals surface area contributed by atoms with Crippen molar-refractivity contribution in [2.24, 2.45) is 0 Å². The van der Waals surface area contributed by atoms with E-state index < -0.39 is 35.2 Å². The van der Waals surface area contributed by atoms with Crippen LogP contribution in [0.2, 0.25) is 0 Å². The molecule has 0 aliphatic carbocycles. The highest BCUT2D eigenvalue weighted by atomic mass is 32.3. The Hall–Kier alpha value is -1.74. The summed E-state index contributed by atoms with van der Waals surface area (Å²) in [5.41, 5.74) is -12.3. The number of hydrogen-bond acceptors (Lipinski definition) is 6. The van der Waals surface area contributed by atoms with Crippen molar-refractivity contribution >= 4 is 20.0 Å². The van der Waals surface area contributed by atoms with E-state index in [1.54, 1.807) is 12.4 Å². The minimum atomic E-state index is -6.60. The molecule has 1 aliphatic heterocycles. The second-order valence-electron chi connectivity index (χ2n) is 3.81. The Kier molecular flexibility index (Phi) is 6.90. The third-order valence-electron chi connectivity index (χ3n) is 2.07. The number of halogens is 6. The number of sulfonamides is 2. The zero-order valence-corrected chi connectivity index (χ0v) is 13.2. The summed E-state index contributed by atoms with van der Waals surface area (Å²) in [5.74, 6) is 0. The van der Waals surface area contributed by atoms with Crippen LogP contribution in [-0.2, 0) is 20.0 Å². The van der Waals surface area contributed by atoms with E-state index in [1.807, 2.05) is 22.2 Å². The first-order chi connectivity index (χ1) is 10.6. The maximum atomic E-state index is 11.5. The van der Waals surface area contributed by atoms with Gasteiger partial charge in [0.1, 0.15) is 0 Å². The normalized spacial score (nSPS) is 15.8. The van der Waals surface area contributed by atoms with E-state index in [9.17, 15) is 43.2 Å². The van der Waals surface area contributed by atoms with Crippen LogP contribution in [0.25, 0.3) is 0 Å². The van der Waals surface area contributed by atoms with Crippen LogP contribution in [0.1, 0.15) is 0 Å². The molecule has 15 heteroatoms. The highest BCUT2D eigenvalue weighted by Crippen LogP contribution is 2.27. The molecule has 0 atom stereocenters. The molecule has 0 amide bonds. The molecule has 1 N–H and O–H groups in total. The van der Waals surface area contributed by atoms with Crippen molar-refractivity contribution in [1.82, 2.24) is 13.9 Å². The third-order valence-corrected chi connectivity index (χ3v) is 5.05. The Morgan fingerprint density at radius 3 is 1.29 bits per heavy atom. The van der Waals surface area contributed by atoms with E-state index in [1.165, 1.54) is 0 Å². The first kappa shape index (κ1) is 22.3. The van der Waals surface area contributed by atoms with Gasteiger partial charge in [-0.05, 0) is 12.4 Å². The van der Waals surface area contributed by atoms with E-state index in [-0.39, 0.29) is 0 Å². The lowest BCUT2D eigenvalue weighted by atomic mass is 10.8. The molecule has 0 bridgehead atoms. The molecule has 0 fully saturated rings. The lowest BCUT2D eigenvalue weighted by Crippen LogP contribution is -2.45. The summed E-state index contributed by atoms with van der Waals surface area (Å²) in [6, 6.07) is 0. The Bertz CT molecular complexity index is 638. The van der Waals surface area contributed by atoms with Crippen LogP contribution in [0, 0.1) is 0 Å².